The average Bonchev–Trinajstić information content (AvgIpc) is 3.14. The van der Waals surface area contributed by atoms with Crippen molar-refractivity contribution >= 4 is 34.4 Å². The highest BCUT2D eigenvalue weighted by Gasteiger charge is 2.51. The zero-order valence-electron chi connectivity index (χ0n) is 14.3. The van der Waals surface area contributed by atoms with E-state index in [0.29, 0.717) is 36.1 Å². The zero-order chi connectivity index (χ0) is 17.9. The number of carbonyl (C=O) groups excluding carboxylic acids is 3. The number of thiophene rings is 1. The second-order valence-electron chi connectivity index (χ2n) is 7.76. The van der Waals surface area contributed by atoms with Gasteiger partial charge in [0.2, 0.25) is 5.91 Å². The molecule has 7 heteroatoms. The lowest BCUT2D eigenvalue weighted by molar-refractivity contribution is -0.136. The monoisotopic (exact) mass is 350 g/mol. The third kappa shape index (κ3) is 2.65. The number of amides is 2. The molecule has 0 bridgehead atoms. The topological polar surface area (TPSA) is 98.5 Å². The number of hydrogen-bond donors (Lipinski definition) is 2. The van der Waals surface area contributed by atoms with E-state index in [2.05, 4.69) is 5.32 Å². The van der Waals surface area contributed by atoms with Crippen molar-refractivity contribution in [3.8, 4) is 0 Å². The lowest BCUT2D eigenvalue weighted by Crippen LogP contribution is -2.42. The van der Waals surface area contributed by atoms with Gasteiger partial charge in [0.15, 0.2) is 0 Å². The minimum absolute atomic E-state index is 0.342. The van der Waals surface area contributed by atoms with Gasteiger partial charge in [-0.25, -0.2) is 0 Å². The van der Waals surface area contributed by atoms with Gasteiger partial charge >= 0.3 is 0 Å². The molecule has 0 unspecified atom stereocenters. The third-order valence-electron chi connectivity index (χ3n) is 4.63. The number of nitrogens with two attached hydrogens (primary N) is 1. The number of rotatable bonds is 4. The van der Waals surface area contributed by atoms with E-state index in [1.807, 2.05) is 27.7 Å². The normalized spacial score (nSPS) is 22.3. The highest BCUT2D eigenvalue weighted by Crippen LogP contribution is 2.49. The van der Waals surface area contributed by atoms with Crippen LogP contribution in [-0.2, 0) is 26.3 Å². The summed E-state index contributed by atoms with van der Waals surface area (Å²) in [5.74, 6) is -0.941. The molecule has 2 amide bonds. The molecule has 1 aromatic heterocycles. The molecule has 6 nitrogen and oxygen atoms in total. The summed E-state index contributed by atoms with van der Waals surface area (Å²) in [5, 5.41) is 3.18. The van der Waals surface area contributed by atoms with Gasteiger partial charge in [0.25, 0.3) is 5.91 Å². The van der Waals surface area contributed by atoms with E-state index in [-0.39, 0.29) is 5.91 Å². The third-order valence-corrected chi connectivity index (χ3v) is 6.08. The molecular formula is C17H22N2O4S. The van der Waals surface area contributed by atoms with Crippen molar-refractivity contribution in [3.63, 3.8) is 0 Å². The van der Waals surface area contributed by atoms with Crippen molar-refractivity contribution in [3.05, 3.63) is 16.0 Å². The van der Waals surface area contributed by atoms with Gasteiger partial charge in [-0.1, -0.05) is 0 Å². The fourth-order valence-electron chi connectivity index (χ4n) is 3.43. The summed E-state index contributed by atoms with van der Waals surface area (Å²) < 4.78 is 6.13. The van der Waals surface area contributed by atoms with Crippen molar-refractivity contribution in [2.75, 3.05) is 5.32 Å². The first-order chi connectivity index (χ1) is 11.0. The quantitative estimate of drug-likeness (QED) is 0.643. The number of anilines is 1. The minimum Gasteiger partial charge on any atom is -0.365 e. The first-order valence-electron chi connectivity index (χ1n) is 7.95. The Morgan fingerprint density at radius 1 is 1.25 bits per heavy atom. The molecule has 130 valence electrons. The highest BCUT2D eigenvalue weighted by atomic mass is 32.1. The number of carbonyl (C=O) groups is 3. The average molecular weight is 350 g/mol. The second-order valence-corrected chi connectivity index (χ2v) is 8.78. The Morgan fingerprint density at radius 2 is 1.88 bits per heavy atom. The Labute approximate surface area is 144 Å². The molecule has 0 radical (unpaired) electrons. The van der Waals surface area contributed by atoms with Gasteiger partial charge in [0.1, 0.15) is 16.7 Å². The molecule has 3 N–H and O–H groups in total. The molecule has 1 saturated carbocycles. The molecule has 1 aliphatic heterocycles. The number of aldehydes is 1. The van der Waals surface area contributed by atoms with Crippen LogP contribution in [0.3, 0.4) is 0 Å². The fourth-order valence-corrected chi connectivity index (χ4v) is 4.69. The maximum atomic E-state index is 12.4. The predicted molar refractivity (Wildman–Crippen MR) is 91.1 cm³/mol. The van der Waals surface area contributed by atoms with Gasteiger partial charge in [-0.05, 0) is 46.1 Å². The molecule has 2 heterocycles. The zero-order valence-corrected chi connectivity index (χ0v) is 15.1. The van der Waals surface area contributed by atoms with Gasteiger partial charge in [-0.2, -0.15) is 0 Å². The van der Waals surface area contributed by atoms with Crippen molar-refractivity contribution in [1.29, 1.82) is 0 Å². The molecule has 1 aliphatic carbocycles. The van der Waals surface area contributed by atoms with E-state index < -0.39 is 22.5 Å². The number of nitrogens with one attached hydrogen (secondary N) is 1. The van der Waals surface area contributed by atoms with Crippen LogP contribution in [0.4, 0.5) is 5.00 Å². The van der Waals surface area contributed by atoms with E-state index >= 15 is 0 Å². The largest absolute Gasteiger partial charge is 0.365 e. The van der Waals surface area contributed by atoms with Crippen LogP contribution in [0.15, 0.2) is 0 Å². The van der Waals surface area contributed by atoms with E-state index in [4.69, 9.17) is 10.5 Å². The Morgan fingerprint density at radius 3 is 2.38 bits per heavy atom. The maximum absolute atomic E-state index is 12.4. The van der Waals surface area contributed by atoms with Crippen LogP contribution in [0.1, 0.15) is 61.3 Å². The lowest BCUT2D eigenvalue weighted by atomic mass is 9.86. The molecule has 24 heavy (non-hydrogen) atoms. The molecule has 0 saturated heterocycles. The van der Waals surface area contributed by atoms with Crippen LogP contribution in [0.2, 0.25) is 0 Å². The van der Waals surface area contributed by atoms with Gasteiger partial charge in [-0.3, -0.25) is 9.59 Å². The Kier molecular flexibility index (Phi) is 3.66. The van der Waals surface area contributed by atoms with Crippen LogP contribution in [0.25, 0.3) is 0 Å². The molecule has 0 atom stereocenters. The van der Waals surface area contributed by atoms with Gasteiger partial charge in [0, 0.05) is 11.3 Å². The number of hydrogen-bond acceptors (Lipinski definition) is 5. The van der Waals surface area contributed by atoms with Crippen LogP contribution in [0.5, 0.6) is 0 Å². The summed E-state index contributed by atoms with van der Waals surface area (Å²) in [6, 6.07) is 0. The van der Waals surface area contributed by atoms with E-state index in [1.165, 1.54) is 11.3 Å². The number of ether oxygens (including phenoxy) is 1. The van der Waals surface area contributed by atoms with Crippen molar-refractivity contribution in [2.24, 2.45) is 11.1 Å². The van der Waals surface area contributed by atoms with Crippen molar-refractivity contribution in [1.82, 2.24) is 0 Å². The second kappa shape index (κ2) is 5.13. The van der Waals surface area contributed by atoms with Crippen LogP contribution < -0.4 is 11.1 Å². The highest BCUT2D eigenvalue weighted by molar-refractivity contribution is 7.17. The van der Waals surface area contributed by atoms with Crippen LogP contribution >= 0.6 is 11.3 Å². The number of primary amides is 1. The molecule has 1 aromatic rings. The summed E-state index contributed by atoms with van der Waals surface area (Å²) in [7, 11) is 0. The number of fused-ring (bicyclic) bond motifs is 1. The van der Waals surface area contributed by atoms with Gasteiger partial charge < -0.3 is 20.6 Å². The maximum Gasteiger partial charge on any atom is 0.251 e. The van der Waals surface area contributed by atoms with E-state index in [0.717, 1.165) is 10.4 Å². The molecule has 0 aromatic carbocycles. The lowest BCUT2D eigenvalue weighted by Gasteiger charge is -2.41. The van der Waals surface area contributed by atoms with Gasteiger partial charge in [-0.15, -0.1) is 11.3 Å². The summed E-state index contributed by atoms with van der Waals surface area (Å²) in [4.78, 5) is 36.5. The molecule has 1 fully saturated rings. The Balaban J connectivity index is 2.06. The molecular weight excluding hydrogens is 328 g/mol. The first kappa shape index (κ1) is 17.1. The summed E-state index contributed by atoms with van der Waals surface area (Å²) in [6.07, 6.45) is 2.31. The van der Waals surface area contributed by atoms with E-state index in [9.17, 15) is 14.4 Å². The van der Waals surface area contributed by atoms with Crippen LogP contribution in [0, 0.1) is 5.41 Å². The Hall–Kier alpha value is -1.73. The smallest absolute Gasteiger partial charge is 0.251 e. The molecule has 0 spiro atoms. The summed E-state index contributed by atoms with van der Waals surface area (Å²) >= 11 is 1.31. The fraction of sp³-hybridized carbons (Fsp3) is 0.588. The summed E-state index contributed by atoms with van der Waals surface area (Å²) in [5.41, 5.74) is 4.81. The van der Waals surface area contributed by atoms with Crippen molar-refractivity contribution < 1.29 is 19.1 Å². The molecule has 3 rings (SSSR count). The summed E-state index contributed by atoms with van der Waals surface area (Å²) in [6.45, 7) is 7.80. The molecule has 2 aliphatic rings. The Bertz CT molecular complexity index is 744. The first-order valence-corrected chi connectivity index (χ1v) is 8.77. The van der Waals surface area contributed by atoms with Crippen molar-refractivity contribution in [2.45, 2.75) is 58.2 Å². The van der Waals surface area contributed by atoms with E-state index in [1.54, 1.807) is 0 Å². The SMILES string of the molecule is CC1(C)Cc2c(sc(NC(=O)C3(C=O)CC3)c2C(N)=O)C(C)(C)O1. The van der Waals surface area contributed by atoms with Gasteiger partial charge in [0.05, 0.1) is 16.8 Å². The minimum atomic E-state index is -0.940. The van der Waals surface area contributed by atoms with Crippen LogP contribution in [-0.4, -0.2) is 23.7 Å². The predicted octanol–water partition coefficient (Wildman–Crippen LogP) is 2.35. The standard InChI is InChI=1S/C17H22N2O4S/c1-15(2)7-9-10(12(18)21)13(24-11(9)16(3,4)23-15)19-14(22)17(8-20)5-6-17/h8H,5-7H2,1-4H3,(H2,18,21)(H,19,22).